The van der Waals surface area contributed by atoms with Gasteiger partial charge in [0.1, 0.15) is 6.04 Å². The minimum absolute atomic E-state index is 0.0273. The van der Waals surface area contributed by atoms with E-state index in [-0.39, 0.29) is 17.7 Å². The first-order valence-electron chi connectivity index (χ1n) is 8.18. The molecule has 0 fully saturated rings. The second kappa shape index (κ2) is 9.30. The van der Waals surface area contributed by atoms with Crippen LogP contribution in [-0.4, -0.2) is 35.6 Å². The van der Waals surface area contributed by atoms with Crippen molar-refractivity contribution in [3.63, 3.8) is 0 Å². The van der Waals surface area contributed by atoms with E-state index in [4.69, 9.17) is 0 Å². The molecule has 5 nitrogen and oxygen atoms in total. The maximum Gasteiger partial charge on any atom is 0.251 e. The van der Waals surface area contributed by atoms with Crippen LogP contribution in [0.3, 0.4) is 0 Å². The Bertz CT molecular complexity index is 512. The van der Waals surface area contributed by atoms with Crippen LogP contribution in [0.1, 0.15) is 49.5 Å². The fourth-order valence-corrected chi connectivity index (χ4v) is 2.14. The Hall–Kier alpha value is -1.88. The number of hydrogen-bond acceptors (Lipinski definition) is 3. The molecule has 3 N–H and O–H groups in total. The van der Waals surface area contributed by atoms with E-state index in [1.54, 1.807) is 12.1 Å². The van der Waals surface area contributed by atoms with E-state index in [1.807, 2.05) is 39.8 Å². The van der Waals surface area contributed by atoms with Gasteiger partial charge in [0.2, 0.25) is 5.91 Å². The van der Waals surface area contributed by atoms with Gasteiger partial charge in [-0.1, -0.05) is 38.5 Å². The highest BCUT2D eigenvalue weighted by molar-refractivity contribution is 5.97. The monoisotopic (exact) mass is 320 g/mol. The molecule has 0 heterocycles. The van der Waals surface area contributed by atoms with Crippen LogP contribution in [0.5, 0.6) is 0 Å². The van der Waals surface area contributed by atoms with E-state index in [9.17, 15) is 14.7 Å². The largest absolute Gasteiger partial charge is 0.393 e. The first-order chi connectivity index (χ1) is 10.8. The van der Waals surface area contributed by atoms with Crippen LogP contribution in [0.25, 0.3) is 0 Å². The maximum absolute atomic E-state index is 12.3. The number of aliphatic hydroxyl groups is 1. The van der Waals surface area contributed by atoms with Crippen molar-refractivity contribution >= 4 is 11.8 Å². The van der Waals surface area contributed by atoms with Gasteiger partial charge in [0.25, 0.3) is 5.91 Å². The standard InChI is InChI=1S/C18H28N2O3/c1-5-15(21)10-11-19-18(23)16(12(2)3)20-17(22)14-8-6-13(4)7-9-14/h6-9,12,15-16,21H,5,10-11H2,1-4H3,(H,19,23)(H,20,22). The molecule has 1 rings (SSSR count). The number of aliphatic hydroxyl groups excluding tert-OH is 1. The Morgan fingerprint density at radius 2 is 1.78 bits per heavy atom. The van der Waals surface area contributed by atoms with Crippen LogP contribution >= 0.6 is 0 Å². The predicted octanol–water partition coefficient (Wildman–Crippen LogP) is 2.03. The van der Waals surface area contributed by atoms with Gasteiger partial charge in [-0.2, -0.15) is 0 Å². The van der Waals surface area contributed by atoms with Crippen molar-refractivity contribution in [2.24, 2.45) is 5.92 Å². The second-order valence-electron chi connectivity index (χ2n) is 6.20. The fourth-order valence-electron chi connectivity index (χ4n) is 2.14. The molecule has 2 amide bonds. The minimum Gasteiger partial charge on any atom is -0.393 e. The second-order valence-corrected chi connectivity index (χ2v) is 6.20. The van der Waals surface area contributed by atoms with Gasteiger partial charge in [0.05, 0.1) is 6.10 Å². The number of carbonyl (C=O) groups is 2. The third kappa shape index (κ3) is 6.40. The van der Waals surface area contributed by atoms with Crippen molar-refractivity contribution in [1.29, 1.82) is 0 Å². The van der Waals surface area contributed by atoms with Crippen LogP contribution in [0.4, 0.5) is 0 Å². The fraction of sp³-hybridized carbons (Fsp3) is 0.556. The van der Waals surface area contributed by atoms with Gasteiger partial charge < -0.3 is 15.7 Å². The van der Waals surface area contributed by atoms with Crippen LogP contribution < -0.4 is 10.6 Å². The number of carbonyl (C=O) groups excluding carboxylic acids is 2. The third-order valence-electron chi connectivity index (χ3n) is 3.80. The average Bonchev–Trinajstić information content (AvgIpc) is 2.52. The predicted molar refractivity (Wildman–Crippen MR) is 91.2 cm³/mol. The molecule has 0 aliphatic heterocycles. The normalized spacial score (nSPS) is 13.5. The summed E-state index contributed by atoms with van der Waals surface area (Å²) in [5, 5.41) is 15.1. The summed E-state index contributed by atoms with van der Waals surface area (Å²) >= 11 is 0. The molecule has 5 heteroatoms. The van der Waals surface area contributed by atoms with E-state index < -0.39 is 12.1 Å². The Balaban J connectivity index is 2.61. The molecule has 2 unspecified atom stereocenters. The highest BCUT2D eigenvalue weighted by Gasteiger charge is 2.24. The van der Waals surface area contributed by atoms with Crippen molar-refractivity contribution in [2.75, 3.05) is 6.54 Å². The van der Waals surface area contributed by atoms with Gasteiger partial charge in [0.15, 0.2) is 0 Å². The highest BCUT2D eigenvalue weighted by atomic mass is 16.3. The van der Waals surface area contributed by atoms with Crippen LogP contribution in [0.2, 0.25) is 0 Å². The molecule has 0 aromatic heterocycles. The van der Waals surface area contributed by atoms with Gasteiger partial charge in [-0.05, 0) is 37.8 Å². The van der Waals surface area contributed by atoms with Crippen LogP contribution in [0, 0.1) is 12.8 Å². The summed E-state index contributed by atoms with van der Waals surface area (Å²) in [4.78, 5) is 24.5. The molecule has 1 aromatic rings. The maximum atomic E-state index is 12.3. The quantitative estimate of drug-likeness (QED) is 0.686. The van der Waals surface area contributed by atoms with Gasteiger partial charge in [-0.3, -0.25) is 9.59 Å². The molecule has 0 saturated carbocycles. The minimum atomic E-state index is -0.595. The summed E-state index contributed by atoms with van der Waals surface area (Å²) in [6.07, 6.45) is 0.766. The molecule has 0 aliphatic carbocycles. The van der Waals surface area contributed by atoms with Gasteiger partial charge in [-0.15, -0.1) is 0 Å². The molecular formula is C18H28N2O3. The molecule has 0 spiro atoms. The number of aryl methyl sites for hydroxylation is 1. The lowest BCUT2D eigenvalue weighted by Crippen LogP contribution is -2.50. The first-order valence-corrected chi connectivity index (χ1v) is 8.18. The molecule has 2 atom stereocenters. The van der Waals surface area contributed by atoms with Gasteiger partial charge >= 0.3 is 0 Å². The number of benzene rings is 1. The first kappa shape index (κ1) is 19.2. The van der Waals surface area contributed by atoms with Crippen molar-refractivity contribution in [1.82, 2.24) is 10.6 Å². The summed E-state index contributed by atoms with van der Waals surface area (Å²) in [5.41, 5.74) is 1.62. The molecule has 0 aliphatic rings. The Morgan fingerprint density at radius 3 is 2.30 bits per heavy atom. The van der Waals surface area contributed by atoms with E-state index in [2.05, 4.69) is 10.6 Å². The lowest BCUT2D eigenvalue weighted by Gasteiger charge is -2.22. The number of rotatable bonds is 8. The van der Waals surface area contributed by atoms with E-state index in [0.29, 0.717) is 24.9 Å². The lowest BCUT2D eigenvalue weighted by molar-refractivity contribution is -0.124. The van der Waals surface area contributed by atoms with E-state index in [1.165, 1.54) is 0 Å². The zero-order valence-electron chi connectivity index (χ0n) is 14.4. The summed E-state index contributed by atoms with van der Waals surface area (Å²) in [5.74, 6) is -0.503. The van der Waals surface area contributed by atoms with Crippen molar-refractivity contribution < 1.29 is 14.7 Å². The molecule has 0 bridgehead atoms. The number of hydrogen-bond donors (Lipinski definition) is 3. The van der Waals surface area contributed by atoms with Crippen molar-refractivity contribution in [2.45, 2.75) is 52.7 Å². The zero-order chi connectivity index (χ0) is 17.4. The van der Waals surface area contributed by atoms with Crippen molar-refractivity contribution in [3.05, 3.63) is 35.4 Å². The molecule has 0 radical (unpaired) electrons. The van der Waals surface area contributed by atoms with Crippen molar-refractivity contribution in [3.8, 4) is 0 Å². The highest BCUT2D eigenvalue weighted by Crippen LogP contribution is 2.07. The van der Waals surface area contributed by atoms with E-state index >= 15 is 0 Å². The van der Waals surface area contributed by atoms with Crippen LogP contribution in [0.15, 0.2) is 24.3 Å². The summed E-state index contributed by atoms with van der Waals surface area (Å²) in [7, 11) is 0. The van der Waals surface area contributed by atoms with Crippen LogP contribution in [-0.2, 0) is 4.79 Å². The Labute approximate surface area is 138 Å². The topological polar surface area (TPSA) is 78.4 Å². The van der Waals surface area contributed by atoms with Gasteiger partial charge in [0, 0.05) is 12.1 Å². The Kier molecular flexibility index (Phi) is 7.75. The smallest absolute Gasteiger partial charge is 0.251 e. The number of nitrogens with one attached hydrogen (secondary N) is 2. The number of amides is 2. The molecule has 23 heavy (non-hydrogen) atoms. The molecular weight excluding hydrogens is 292 g/mol. The Morgan fingerprint density at radius 1 is 1.17 bits per heavy atom. The van der Waals surface area contributed by atoms with Gasteiger partial charge in [-0.25, -0.2) is 0 Å². The average molecular weight is 320 g/mol. The zero-order valence-corrected chi connectivity index (χ0v) is 14.4. The molecule has 0 saturated heterocycles. The molecule has 1 aromatic carbocycles. The summed E-state index contributed by atoms with van der Waals surface area (Å²) < 4.78 is 0. The summed E-state index contributed by atoms with van der Waals surface area (Å²) in [6, 6.07) is 6.63. The van der Waals surface area contributed by atoms with E-state index in [0.717, 1.165) is 5.56 Å². The molecule has 128 valence electrons. The summed E-state index contributed by atoms with van der Waals surface area (Å²) in [6.45, 7) is 8.03. The lowest BCUT2D eigenvalue weighted by atomic mass is 10.0. The SMILES string of the molecule is CCC(O)CCNC(=O)C(NC(=O)c1ccc(C)cc1)C(C)C. The third-order valence-corrected chi connectivity index (χ3v) is 3.80.